The molecule has 0 saturated carbocycles. The molecule has 1 aromatic carbocycles. The van der Waals surface area contributed by atoms with E-state index in [4.69, 9.17) is 0 Å². The van der Waals surface area contributed by atoms with Gasteiger partial charge in [0.2, 0.25) is 0 Å². The van der Waals surface area contributed by atoms with Gasteiger partial charge in [-0.2, -0.15) is 0 Å². The van der Waals surface area contributed by atoms with Crippen LogP contribution in [0.5, 0.6) is 0 Å². The monoisotopic (exact) mass is 308 g/mol. The van der Waals surface area contributed by atoms with Crippen molar-refractivity contribution in [2.75, 3.05) is 7.05 Å². The number of aryl methyl sites for hydroxylation is 2. The van der Waals surface area contributed by atoms with E-state index in [-0.39, 0.29) is 5.56 Å². The van der Waals surface area contributed by atoms with Gasteiger partial charge in [0.1, 0.15) is 0 Å². The number of hydrogen-bond donors (Lipinski definition) is 1. The Morgan fingerprint density at radius 3 is 2.70 bits per heavy atom. The van der Waals surface area contributed by atoms with Crippen molar-refractivity contribution < 1.29 is 0 Å². The third kappa shape index (κ3) is 3.46. The van der Waals surface area contributed by atoms with E-state index in [1.807, 2.05) is 20.0 Å². The summed E-state index contributed by atoms with van der Waals surface area (Å²) in [7, 11) is 1.97. The molecule has 3 rings (SSSR count). The first-order chi connectivity index (χ1) is 11.0. The van der Waals surface area contributed by atoms with Crippen molar-refractivity contribution in [2.45, 2.75) is 26.9 Å². The molecule has 2 aromatic heterocycles. The highest BCUT2D eigenvalue weighted by Crippen LogP contribution is 2.18. The molecule has 1 N–H and O–H groups in total. The molecule has 23 heavy (non-hydrogen) atoms. The second-order valence-corrected chi connectivity index (χ2v) is 6.04. The summed E-state index contributed by atoms with van der Waals surface area (Å²) in [5, 5.41) is 1.07. The number of pyridine rings is 1. The minimum atomic E-state index is -0.0320. The molecule has 0 aliphatic heterocycles. The minimum Gasteiger partial charge on any atom is -0.321 e. The maximum absolute atomic E-state index is 12.3. The summed E-state index contributed by atoms with van der Waals surface area (Å²) < 4.78 is 0. The molecule has 0 aliphatic rings. The summed E-state index contributed by atoms with van der Waals surface area (Å²) in [6.45, 7) is 5.30. The largest absolute Gasteiger partial charge is 0.321 e. The van der Waals surface area contributed by atoms with Crippen LogP contribution < -0.4 is 5.56 Å². The van der Waals surface area contributed by atoms with E-state index in [1.54, 1.807) is 18.6 Å². The van der Waals surface area contributed by atoms with E-state index >= 15 is 0 Å². The van der Waals surface area contributed by atoms with Crippen LogP contribution in [0.1, 0.15) is 22.4 Å². The van der Waals surface area contributed by atoms with Crippen molar-refractivity contribution >= 4 is 10.9 Å². The molecule has 0 unspecified atom stereocenters. The van der Waals surface area contributed by atoms with Crippen LogP contribution in [0.15, 0.2) is 41.6 Å². The van der Waals surface area contributed by atoms with Gasteiger partial charge in [-0.25, -0.2) is 0 Å². The van der Waals surface area contributed by atoms with Crippen LogP contribution in [-0.4, -0.2) is 26.9 Å². The lowest BCUT2D eigenvalue weighted by atomic mass is 10.1. The van der Waals surface area contributed by atoms with E-state index < -0.39 is 0 Å². The Hall–Kier alpha value is -2.53. The first-order valence-electron chi connectivity index (χ1n) is 7.59. The number of nitrogens with one attached hydrogen (secondary N) is 1. The zero-order valence-corrected chi connectivity index (χ0v) is 13.6. The van der Waals surface area contributed by atoms with Crippen molar-refractivity contribution in [3.63, 3.8) is 0 Å². The zero-order valence-electron chi connectivity index (χ0n) is 13.6. The van der Waals surface area contributed by atoms with Crippen LogP contribution >= 0.6 is 0 Å². The highest BCUT2D eigenvalue weighted by atomic mass is 16.1. The van der Waals surface area contributed by atoms with E-state index in [0.29, 0.717) is 13.1 Å². The molecule has 0 radical (unpaired) electrons. The Balaban J connectivity index is 1.88. The molecular formula is C18H20N4O. The predicted molar refractivity (Wildman–Crippen MR) is 91.2 cm³/mol. The van der Waals surface area contributed by atoms with Crippen molar-refractivity contribution in [3.8, 4) is 0 Å². The van der Waals surface area contributed by atoms with E-state index in [9.17, 15) is 4.79 Å². The summed E-state index contributed by atoms with van der Waals surface area (Å²) in [5.74, 6) is 0. The van der Waals surface area contributed by atoms with Crippen LogP contribution in [-0.2, 0) is 13.1 Å². The fourth-order valence-electron chi connectivity index (χ4n) is 2.88. The standard InChI is InChI=1S/C18H20N4O/c1-12-6-13(2)17-14(7-12)8-15(18(23)21-17)10-22(3)11-16-9-19-4-5-20-16/h4-9H,10-11H2,1-3H3,(H,21,23). The number of benzene rings is 1. The lowest BCUT2D eigenvalue weighted by Gasteiger charge is -2.16. The molecule has 0 aliphatic carbocycles. The number of hydrogen-bond acceptors (Lipinski definition) is 4. The summed E-state index contributed by atoms with van der Waals surface area (Å²) in [4.78, 5) is 25.8. The van der Waals surface area contributed by atoms with Crippen LogP contribution in [0.25, 0.3) is 10.9 Å². The Morgan fingerprint density at radius 2 is 1.96 bits per heavy atom. The summed E-state index contributed by atoms with van der Waals surface area (Å²) in [6.07, 6.45) is 5.08. The van der Waals surface area contributed by atoms with Crippen LogP contribution in [0.3, 0.4) is 0 Å². The molecule has 0 fully saturated rings. The van der Waals surface area contributed by atoms with Gasteiger partial charge in [-0.3, -0.25) is 19.7 Å². The van der Waals surface area contributed by atoms with E-state index in [1.165, 1.54) is 5.56 Å². The third-order valence-corrected chi connectivity index (χ3v) is 3.86. The van der Waals surface area contributed by atoms with Crippen molar-refractivity contribution in [1.82, 2.24) is 19.9 Å². The number of aromatic amines is 1. The molecular weight excluding hydrogens is 288 g/mol. The Morgan fingerprint density at radius 1 is 1.13 bits per heavy atom. The first kappa shape index (κ1) is 15.4. The maximum Gasteiger partial charge on any atom is 0.252 e. The SMILES string of the molecule is Cc1cc(C)c2[nH]c(=O)c(CN(C)Cc3cnccn3)cc2c1. The molecule has 0 atom stereocenters. The minimum absolute atomic E-state index is 0.0320. The number of rotatable bonds is 4. The van der Waals surface area contributed by atoms with Crippen LogP contribution in [0, 0.1) is 13.8 Å². The lowest BCUT2D eigenvalue weighted by molar-refractivity contribution is 0.313. The molecule has 5 nitrogen and oxygen atoms in total. The molecule has 118 valence electrons. The van der Waals surface area contributed by atoms with Crippen molar-refractivity contribution in [3.05, 3.63) is 69.5 Å². The van der Waals surface area contributed by atoms with Gasteiger partial charge in [-0.05, 0) is 44.0 Å². The van der Waals surface area contributed by atoms with Gasteiger partial charge in [0.15, 0.2) is 0 Å². The first-order valence-corrected chi connectivity index (χ1v) is 7.59. The topological polar surface area (TPSA) is 61.9 Å². The number of aromatic nitrogens is 3. The molecule has 0 amide bonds. The second kappa shape index (κ2) is 6.30. The van der Waals surface area contributed by atoms with Gasteiger partial charge < -0.3 is 4.98 Å². The summed E-state index contributed by atoms with van der Waals surface area (Å²) >= 11 is 0. The van der Waals surface area contributed by atoms with Gasteiger partial charge in [0.25, 0.3) is 5.56 Å². The molecule has 5 heteroatoms. The van der Waals surface area contributed by atoms with Gasteiger partial charge in [0.05, 0.1) is 11.2 Å². The Labute approximate surface area is 135 Å². The van der Waals surface area contributed by atoms with Gasteiger partial charge in [-0.15, -0.1) is 0 Å². The van der Waals surface area contributed by atoms with Crippen molar-refractivity contribution in [2.24, 2.45) is 0 Å². The average Bonchev–Trinajstić information content (AvgIpc) is 2.50. The number of fused-ring (bicyclic) bond motifs is 1. The fourth-order valence-corrected chi connectivity index (χ4v) is 2.88. The zero-order chi connectivity index (χ0) is 16.4. The normalized spacial score (nSPS) is 11.3. The number of H-pyrrole nitrogens is 1. The second-order valence-electron chi connectivity index (χ2n) is 6.04. The Bertz CT molecular complexity index is 887. The van der Waals surface area contributed by atoms with E-state index in [0.717, 1.165) is 27.7 Å². The third-order valence-electron chi connectivity index (χ3n) is 3.86. The van der Waals surface area contributed by atoms with Crippen LogP contribution in [0.2, 0.25) is 0 Å². The molecule has 0 bridgehead atoms. The predicted octanol–water partition coefficient (Wildman–Crippen LogP) is 2.57. The highest BCUT2D eigenvalue weighted by molar-refractivity contribution is 5.82. The van der Waals surface area contributed by atoms with Crippen LogP contribution in [0.4, 0.5) is 0 Å². The van der Waals surface area contributed by atoms with Gasteiger partial charge in [-0.1, -0.05) is 11.6 Å². The number of nitrogens with zero attached hydrogens (tertiary/aromatic N) is 3. The van der Waals surface area contributed by atoms with Gasteiger partial charge in [0, 0.05) is 37.2 Å². The van der Waals surface area contributed by atoms with Crippen molar-refractivity contribution in [1.29, 1.82) is 0 Å². The Kier molecular flexibility index (Phi) is 4.21. The molecule has 3 aromatic rings. The quantitative estimate of drug-likeness (QED) is 0.804. The summed E-state index contributed by atoms with van der Waals surface area (Å²) in [5.41, 5.74) is 4.82. The molecule has 2 heterocycles. The molecule has 0 spiro atoms. The summed E-state index contributed by atoms with van der Waals surface area (Å²) in [6, 6.07) is 6.17. The maximum atomic E-state index is 12.3. The fraction of sp³-hybridized carbons (Fsp3) is 0.278. The lowest BCUT2D eigenvalue weighted by Crippen LogP contribution is -2.23. The van der Waals surface area contributed by atoms with E-state index in [2.05, 4.69) is 38.9 Å². The highest BCUT2D eigenvalue weighted by Gasteiger charge is 2.09. The van der Waals surface area contributed by atoms with Gasteiger partial charge >= 0.3 is 0 Å². The molecule has 0 saturated heterocycles. The smallest absolute Gasteiger partial charge is 0.252 e. The average molecular weight is 308 g/mol.